The average Bonchev–Trinajstić information content (AvgIpc) is 2.81. The van der Waals surface area contributed by atoms with E-state index in [9.17, 15) is 4.79 Å². The van der Waals surface area contributed by atoms with Crippen LogP contribution < -0.4 is 19.1 Å². The number of hydrogen-bond acceptors (Lipinski definition) is 5. The van der Waals surface area contributed by atoms with E-state index in [1.165, 1.54) is 0 Å². The quantitative estimate of drug-likeness (QED) is 0.582. The SMILES string of the molecule is COc1ccc(N2C(=O)[C@@H](Oc3cccc(C#N)c3)[C@H]2c2cccc(OC)c2)cc1. The molecule has 3 aromatic carbocycles. The highest BCUT2D eigenvalue weighted by Gasteiger charge is 2.51. The number of rotatable bonds is 6. The van der Waals surface area contributed by atoms with E-state index in [0.29, 0.717) is 22.8 Å². The van der Waals surface area contributed by atoms with Crippen molar-refractivity contribution in [3.63, 3.8) is 0 Å². The monoisotopic (exact) mass is 400 g/mol. The Balaban J connectivity index is 1.69. The fraction of sp³-hybridized carbons (Fsp3) is 0.167. The number of benzene rings is 3. The van der Waals surface area contributed by atoms with Crippen molar-refractivity contribution in [2.75, 3.05) is 19.1 Å². The number of β-lactam (4-membered cyclic amide) rings is 1. The Bertz CT molecular complexity index is 1100. The van der Waals surface area contributed by atoms with E-state index in [1.807, 2.05) is 48.5 Å². The van der Waals surface area contributed by atoms with Gasteiger partial charge in [0.05, 0.1) is 25.9 Å². The van der Waals surface area contributed by atoms with Crippen molar-refractivity contribution >= 4 is 11.6 Å². The fourth-order valence-corrected chi connectivity index (χ4v) is 3.54. The minimum Gasteiger partial charge on any atom is -0.497 e. The van der Waals surface area contributed by atoms with E-state index in [2.05, 4.69) is 6.07 Å². The Kier molecular flexibility index (Phi) is 5.27. The molecule has 4 rings (SSSR count). The lowest BCUT2D eigenvalue weighted by molar-refractivity contribution is -0.135. The molecule has 0 saturated carbocycles. The van der Waals surface area contributed by atoms with E-state index >= 15 is 0 Å². The predicted octanol–water partition coefficient (Wildman–Crippen LogP) is 4.11. The molecular formula is C24H20N2O4. The lowest BCUT2D eigenvalue weighted by atomic mass is 9.89. The minimum absolute atomic E-state index is 0.157. The molecule has 0 aromatic heterocycles. The average molecular weight is 400 g/mol. The van der Waals surface area contributed by atoms with Crippen molar-refractivity contribution in [3.05, 3.63) is 83.9 Å². The largest absolute Gasteiger partial charge is 0.497 e. The smallest absolute Gasteiger partial charge is 0.271 e. The van der Waals surface area contributed by atoms with Crippen molar-refractivity contribution in [1.82, 2.24) is 0 Å². The van der Waals surface area contributed by atoms with Crippen LogP contribution in [0.25, 0.3) is 0 Å². The van der Waals surface area contributed by atoms with Crippen molar-refractivity contribution < 1.29 is 19.0 Å². The van der Waals surface area contributed by atoms with Crippen LogP contribution in [0.1, 0.15) is 17.2 Å². The molecule has 1 amide bonds. The molecule has 1 saturated heterocycles. The molecule has 6 nitrogen and oxygen atoms in total. The third-order valence-corrected chi connectivity index (χ3v) is 5.06. The van der Waals surface area contributed by atoms with Gasteiger partial charge in [0.25, 0.3) is 5.91 Å². The van der Waals surface area contributed by atoms with E-state index < -0.39 is 6.10 Å². The number of carbonyl (C=O) groups excluding carboxylic acids is 1. The molecule has 0 N–H and O–H groups in total. The summed E-state index contributed by atoms with van der Waals surface area (Å²) in [6.45, 7) is 0. The summed E-state index contributed by atoms with van der Waals surface area (Å²) in [5, 5.41) is 9.14. The molecule has 6 heteroatoms. The Hall–Kier alpha value is -3.98. The van der Waals surface area contributed by atoms with Gasteiger partial charge in [-0.05, 0) is 60.2 Å². The molecule has 2 atom stereocenters. The standard InChI is InChI=1S/C24H20N2O4/c1-28-19-11-9-18(10-12-19)26-22(17-6-4-7-20(14-17)29-2)23(24(26)27)30-21-8-3-5-16(13-21)15-25/h3-14,22-23H,1-2H3/t22-,23+/m1/s1. The van der Waals surface area contributed by atoms with Crippen molar-refractivity contribution in [1.29, 1.82) is 5.26 Å². The van der Waals surface area contributed by atoms with E-state index in [0.717, 1.165) is 11.3 Å². The van der Waals surface area contributed by atoms with Gasteiger partial charge in [0, 0.05) is 5.69 Å². The first-order valence-corrected chi connectivity index (χ1v) is 9.42. The third kappa shape index (κ3) is 3.53. The molecule has 0 unspecified atom stereocenters. The summed E-state index contributed by atoms with van der Waals surface area (Å²) in [7, 11) is 3.20. The van der Waals surface area contributed by atoms with Crippen LogP contribution in [-0.4, -0.2) is 26.2 Å². The van der Waals surface area contributed by atoms with Gasteiger partial charge >= 0.3 is 0 Å². The third-order valence-electron chi connectivity index (χ3n) is 5.06. The van der Waals surface area contributed by atoms with E-state index in [4.69, 9.17) is 19.5 Å². The fourth-order valence-electron chi connectivity index (χ4n) is 3.54. The van der Waals surface area contributed by atoms with Crippen LogP contribution in [0.15, 0.2) is 72.8 Å². The normalized spacial score (nSPS) is 17.6. The van der Waals surface area contributed by atoms with Gasteiger partial charge in [-0.3, -0.25) is 9.69 Å². The van der Waals surface area contributed by atoms with Crippen molar-refractivity contribution in [2.24, 2.45) is 0 Å². The van der Waals surface area contributed by atoms with Gasteiger partial charge in [0.15, 0.2) is 0 Å². The van der Waals surface area contributed by atoms with Crippen molar-refractivity contribution in [3.8, 4) is 23.3 Å². The molecule has 1 aliphatic rings. The molecule has 1 heterocycles. The second-order valence-corrected chi connectivity index (χ2v) is 6.81. The highest BCUT2D eigenvalue weighted by Crippen LogP contribution is 2.42. The minimum atomic E-state index is -0.715. The van der Waals surface area contributed by atoms with Crippen LogP contribution in [0.2, 0.25) is 0 Å². The summed E-state index contributed by atoms with van der Waals surface area (Å²) in [5.41, 5.74) is 2.12. The maximum Gasteiger partial charge on any atom is 0.271 e. The number of hydrogen-bond donors (Lipinski definition) is 0. The first-order chi connectivity index (χ1) is 14.6. The van der Waals surface area contributed by atoms with Crippen LogP contribution in [0.5, 0.6) is 17.2 Å². The van der Waals surface area contributed by atoms with Crippen molar-refractivity contribution in [2.45, 2.75) is 12.1 Å². The molecule has 0 radical (unpaired) electrons. The van der Waals surface area contributed by atoms with Gasteiger partial charge in [-0.1, -0.05) is 18.2 Å². The summed E-state index contributed by atoms with van der Waals surface area (Å²) in [6, 6.07) is 23.4. The maximum atomic E-state index is 13.1. The molecule has 0 bridgehead atoms. The topological polar surface area (TPSA) is 71.8 Å². The van der Waals surface area contributed by atoms with Gasteiger partial charge in [-0.15, -0.1) is 0 Å². The van der Waals surface area contributed by atoms with E-state index in [1.54, 1.807) is 43.4 Å². The number of amides is 1. The zero-order valence-electron chi connectivity index (χ0n) is 16.6. The van der Waals surface area contributed by atoms with Crippen LogP contribution in [0.4, 0.5) is 5.69 Å². The zero-order chi connectivity index (χ0) is 21.1. The van der Waals surface area contributed by atoms with E-state index in [-0.39, 0.29) is 11.9 Å². The predicted molar refractivity (Wildman–Crippen MR) is 112 cm³/mol. The molecule has 1 aliphatic heterocycles. The van der Waals surface area contributed by atoms with Gasteiger partial charge in [-0.25, -0.2) is 0 Å². The first-order valence-electron chi connectivity index (χ1n) is 9.42. The second kappa shape index (κ2) is 8.18. The Morgan fingerprint density at radius 2 is 1.57 bits per heavy atom. The molecule has 30 heavy (non-hydrogen) atoms. The maximum absolute atomic E-state index is 13.1. The molecule has 3 aromatic rings. The molecule has 0 aliphatic carbocycles. The van der Waals surface area contributed by atoms with Gasteiger partial charge < -0.3 is 14.2 Å². The Morgan fingerprint density at radius 3 is 2.27 bits per heavy atom. The second-order valence-electron chi connectivity index (χ2n) is 6.81. The highest BCUT2D eigenvalue weighted by atomic mass is 16.5. The summed E-state index contributed by atoms with van der Waals surface area (Å²) < 4.78 is 16.6. The van der Waals surface area contributed by atoms with Gasteiger partial charge in [0.1, 0.15) is 23.3 Å². The number of nitrogens with zero attached hydrogens (tertiary/aromatic N) is 2. The summed E-state index contributed by atoms with van der Waals surface area (Å²) in [5.74, 6) is 1.74. The molecule has 150 valence electrons. The number of methoxy groups -OCH3 is 2. The first kappa shape index (κ1) is 19.3. The number of anilines is 1. The molecule has 1 fully saturated rings. The molecular weight excluding hydrogens is 380 g/mol. The highest BCUT2D eigenvalue weighted by molar-refractivity contribution is 6.05. The number of carbonyl (C=O) groups is 1. The van der Waals surface area contributed by atoms with Crippen LogP contribution in [0, 0.1) is 11.3 Å². The number of nitriles is 1. The van der Waals surface area contributed by atoms with Gasteiger partial charge in [0.2, 0.25) is 6.10 Å². The lowest BCUT2D eigenvalue weighted by Gasteiger charge is -2.46. The van der Waals surface area contributed by atoms with Gasteiger partial charge in [-0.2, -0.15) is 5.26 Å². The Labute approximate surface area is 174 Å². The zero-order valence-corrected chi connectivity index (χ0v) is 16.6. The molecule has 0 spiro atoms. The van der Waals surface area contributed by atoms with Crippen LogP contribution in [0.3, 0.4) is 0 Å². The summed E-state index contributed by atoms with van der Waals surface area (Å²) >= 11 is 0. The number of ether oxygens (including phenoxy) is 3. The van der Waals surface area contributed by atoms with Crippen LogP contribution in [-0.2, 0) is 4.79 Å². The Morgan fingerprint density at radius 1 is 0.867 bits per heavy atom. The summed E-state index contributed by atoms with van der Waals surface area (Å²) in [4.78, 5) is 14.8. The van der Waals surface area contributed by atoms with Crippen LogP contribution >= 0.6 is 0 Å². The lowest BCUT2D eigenvalue weighted by Crippen LogP contribution is -2.61. The summed E-state index contributed by atoms with van der Waals surface area (Å²) in [6.07, 6.45) is -0.715.